The molecule has 1 unspecified atom stereocenters. The number of rotatable bonds is 4. The number of nitrogens with one attached hydrogen (secondary N) is 1. The molecule has 7 heteroatoms. The van der Waals surface area contributed by atoms with Crippen molar-refractivity contribution in [3.63, 3.8) is 0 Å². The van der Waals surface area contributed by atoms with Crippen LogP contribution in [0.1, 0.15) is 49.7 Å². The van der Waals surface area contributed by atoms with Crippen molar-refractivity contribution in [3.05, 3.63) is 52.5 Å². The zero-order valence-corrected chi connectivity index (χ0v) is 21.1. The van der Waals surface area contributed by atoms with Gasteiger partial charge in [-0.2, -0.15) is 0 Å². The molecule has 186 valence electrons. The number of anilines is 2. The third-order valence-corrected chi connectivity index (χ3v) is 8.90. The number of nitrogens with zero attached hydrogens (tertiary/aromatic N) is 3. The normalized spacial score (nSPS) is 24.0. The van der Waals surface area contributed by atoms with Crippen LogP contribution in [-0.2, 0) is 17.6 Å². The minimum atomic E-state index is -0.275. The molecule has 1 atom stereocenters. The van der Waals surface area contributed by atoms with E-state index in [0.29, 0.717) is 5.75 Å². The highest BCUT2D eigenvalue weighted by atomic mass is 35.5. The molecule has 0 saturated carbocycles. The number of halogens is 1. The zero-order chi connectivity index (χ0) is 24.0. The number of likely N-dealkylation sites (tertiary alicyclic amines) is 1. The molecule has 0 radical (unpaired) electrons. The van der Waals surface area contributed by atoms with Gasteiger partial charge < -0.3 is 20.2 Å². The van der Waals surface area contributed by atoms with Gasteiger partial charge in [-0.05, 0) is 99.4 Å². The first-order chi connectivity index (χ1) is 17.0. The second kappa shape index (κ2) is 9.30. The number of amides is 1. The van der Waals surface area contributed by atoms with Gasteiger partial charge >= 0.3 is 0 Å². The predicted octanol–water partition coefficient (Wildman–Crippen LogP) is 4.45. The lowest BCUT2D eigenvalue weighted by atomic mass is 9.85. The molecule has 35 heavy (non-hydrogen) atoms. The highest BCUT2D eigenvalue weighted by Gasteiger charge is 2.54. The third kappa shape index (κ3) is 4.20. The van der Waals surface area contributed by atoms with E-state index >= 15 is 0 Å². The summed E-state index contributed by atoms with van der Waals surface area (Å²) in [7, 11) is 0. The molecular formula is C28H35ClN4O2. The Morgan fingerprint density at radius 3 is 2.66 bits per heavy atom. The second-order valence-corrected chi connectivity index (χ2v) is 11.1. The Labute approximate surface area is 212 Å². The van der Waals surface area contributed by atoms with Crippen LogP contribution in [0.15, 0.2) is 36.4 Å². The van der Waals surface area contributed by atoms with Crippen LogP contribution in [-0.4, -0.2) is 65.2 Å². The van der Waals surface area contributed by atoms with Gasteiger partial charge in [0.2, 0.25) is 5.91 Å². The number of hydrogen-bond donors (Lipinski definition) is 2. The first-order valence-corrected chi connectivity index (χ1v) is 13.6. The number of phenols is 1. The van der Waals surface area contributed by atoms with Crippen molar-refractivity contribution in [2.45, 2.75) is 63.1 Å². The molecule has 3 fully saturated rings. The van der Waals surface area contributed by atoms with Crippen molar-refractivity contribution in [2.75, 3.05) is 37.6 Å². The van der Waals surface area contributed by atoms with E-state index in [1.54, 1.807) is 6.07 Å². The van der Waals surface area contributed by atoms with Crippen molar-refractivity contribution in [1.82, 2.24) is 15.1 Å². The molecule has 6 nitrogen and oxygen atoms in total. The van der Waals surface area contributed by atoms with E-state index in [0.717, 1.165) is 76.3 Å². The van der Waals surface area contributed by atoms with Crippen molar-refractivity contribution in [3.8, 4) is 5.75 Å². The maximum Gasteiger partial charge on any atom is 0.241 e. The highest BCUT2D eigenvalue weighted by Crippen LogP contribution is 2.40. The van der Waals surface area contributed by atoms with Crippen LogP contribution in [0.5, 0.6) is 5.75 Å². The Kier molecular flexibility index (Phi) is 6.15. The van der Waals surface area contributed by atoms with Crippen LogP contribution in [0.25, 0.3) is 0 Å². The number of benzene rings is 2. The Hall–Kier alpha value is -2.28. The topological polar surface area (TPSA) is 59.1 Å². The van der Waals surface area contributed by atoms with E-state index in [4.69, 9.17) is 11.6 Å². The standard InChI is InChI=1S/C28H35ClN4O2/c29-22-8-7-20-5-6-21-18-23(34)9-10-24(21)32(25(20)19-22)14-3-13-31-16-11-28(12-17-31)27(35)30-26-4-1-2-15-33(26)28/h7-10,18-19,26,34H,1-6,11-17H2,(H,30,35). The average Bonchev–Trinajstić information content (AvgIpc) is 3.04. The van der Waals surface area contributed by atoms with E-state index in [1.807, 2.05) is 18.2 Å². The van der Waals surface area contributed by atoms with Crippen LogP contribution in [0.4, 0.5) is 11.4 Å². The molecule has 4 aliphatic rings. The number of fused-ring (bicyclic) bond motifs is 4. The molecule has 3 saturated heterocycles. The minimum Gasteiger partial charge on any atom is -0.508 e. The van der Waals surface area contributed by atoms with Crippen molar-refractivity contribution in [1.29, 1.82) is 0 Å². The van der Waals surface area contributed by atoms with Gasteiger partial charge in [0.25, 0.3) is 0 Å². The molecule has 4 aliphatic heterocycles. The summed E-state index contributed by atoms with van der Waals surface area (Å²) in [5.74, 6) is 0.587. The lowest BCUT2D eigenvalue weighted by Gasteiger charge is -2.45. The first kappa shape index (κ1) is 23.1. The van der Waals surface area contributed by atoms with Gasteiger partial charge in [0.1, 0.15) is 11.3 Å². The predicted molar refractivity (Wildman–Crippen MR) is 139 cm³/mol. The molecule has 2 aromatic carbocycles. The Bertz CT molecular complexity index is 1110. The smallest absolute Gasteiger partial charge is 0.241 e. The summed E-state index contributed by atoms with van der Waals surface area (Å²) in [4.78, 5) is 20.4. The van der Waals surface area contributed by atoms with E-state index in [1.165, 1.54) is 35.3 Å². The maximum atomic E-state index is 13.0. The van der Waals surface area contributed by atoms with E-state index in [2.05, 4.69) is 32.1 Å². The molecule has 0 bridgehead atoms. The lowest BCUT2D eigenvalue weighted by Crippen LogP contribution is -2.58. The molecule has 1 amide bonds. The number of carbonyl (C=O) groups is 1. The fourth-order valence-corrected chi connectivity index (χ4v) is 6.96. The van der Waals surface area contributed by atoms with Crippen LogP contribution in [0.2, 0.25) is 5.02 Å². The number of hydrogen-bond acceptors (Lipinski definition) is 5. The SMILES string of the molecule is O=C1NC2CCCCN2C12CCN(CCCN1c3ccc(O)cc3CCc3ccc(Cl)cc31)CC2. The molecule has 2 N–H and O–H groups in total. The van der Waals surface area contributed by atoms with Crippen LogP contribution in [0, 0.1) is 0 Å². The van der Waals surface area contributed by atoms with Gasteiger partial charge in [0, 0.05) is 42.6 Å². The van der Waals surface area contributed by atoms with Crippen molar-refractivity contribution < 1.29 is 9.90 Å². The number of piperidine rings is 2. The first-order valence-electron chi connectivity index (χ1n) is 13.2. The number of carbonyl (C=O) groups excluding carboxylic acids is 1. The molecular weight excluding hydrogens is 460 g/mol. The quantitative estimate of drug-likeness (QED) is 0.657. The van der Waals surface area contributed by atoms with Gasteiger partial charge in [0.05, 0.1) is 6.17 Å². The summed E-state index contributed by atoms with van der Waals surface area (Å²) in [6.45, 7) is 4.91. The summed E-state index contributed by atoms with van der Waals surface area (Å²) >= 11 is 6.41. The molecule has 0 aromatic heterocycles. The fraction of sp³-hybridized carbons (Fsp3) is 0.536. The lowest BCUT2D eigenvalue weighted by molar-refractivity contribution is -0.129. The van der Waals surface area contributed by atoms with Gasteiger partial charge in [-0.1, -0.05) is 17.7 Å². The zero-order valence-electron chi connectivity index (χ0n) is 20.3. The monoisotopic (exact) mass is 494 g/mol. The molecule has 2 aromatic rings. The Balaban J connectivity index is 1.13. The number of aryl methyl sites for hydroxylation is 2. The third-order valence-electron chi connectivity index (χ3n) is 8.67. The van der Waals surface area contributed by atoms with E-state index in [-0.39, 0.29) is 17.6 Å². The highest BCUT2D eigenvalue weighted by molar-refractivity contribution is 6.30. The van der Waals surface area contributed by atoms with Gasteiger partial charge in [-0.3, -0.25) is 9.69 Å². The number of aromatic hydroxyl groups is 1. The molecule has 0 aliphatic carbocycles. The number of phenolic OH excluding ortho intramolecular Hbond substituents is 1. The van der Waals surface area contributed by atoms with Crippen molar-refractivity contribution in [2.24, 2.45) is 0 Å². The Morgan fingerprint density at radius 2 is 1.80 bits per heavy atom. The van der Waals surface area contributed by atoms with Crippen LogP contribution >= 0.6 is 11.6 Å². The molecule has 1 spiro atoms. The van der Waals surface area contributed by atoms with Gasteiger partial charge in [-0.25, -0.2) is 0 Å². The van der Waals surface area contributed by atoms with Gasteiger partial charge in [-0.15, -0.1) is 0 Å². The van der Waals surface area contributed by atoms with Crippen LogP contribution in [0.3, 0.4) is 0 Å². The summed E-state index contributed by atoms with van der Waals surface area (Å²) in [5.41, 5.74) is 4.55. The fourth-order valence-electron chi connectivity index (χ4n) is 6.80. The van der Waals surface area contributed by atoms with E-state index in [9.17, 15) is 9.90 Å². The summed E-state index contributed by atoms with van der Waals surface area (Å²) < 4.78 is 0. The average molecular weight is 495 g/mol. The van der Waals surface area contributed by atoms with Crippen LogP contribution < -0.4 is 10.2 Å². The summed E-state index contributed by atoms with van der Waals surface area (Å²) in [6.07, 6.45) is 8.51. The molecule has 6 rings (SSSR count). The minimum absolute atomic E-state index is 0.261. The largest absolute Gasteiger partial charge is 0.508 e. The summed E-state index contributed by atoms with van der Waals surface area (Å²) in [6, 6.07) is 11.9. The second-order valence-electron chi connectivity index (χ2n) is 10.6. The Morgan fingerprint density at radius 1 is 0.971 bits per heavy atom. The maximum absolute atomic E-state index is 13.0. The van der Waals surface area contributed by atoms with E-state index < -0.39 is 0 Å². The van der Waals surface area contributed by atoms with Gasteiger partial charge in [0.15, 0.2) is 0 Å². The molecule has 4 heterocycles. The summed E-state index contributed by atoms with van der Waals surface area (Å²) in [5, 5.41) is 14.1. The van der Waals surface area contributed by atoms with Crippen molar-refractivity contribution >= 4 is 28.9 Å².